The Kier molecular flexibility index (Phi) is 4.86. The maximum atomic E-state index is 11.8. The van der Waals surface area contributed by atoms with Crippen LogP contribution in [0.5, 0.6) is 0 Å². The van der Waals surface area contributed by atoms with Crippen LogP contribution in [0.25, 0.3) is 0 Å². The van der Waals surface area contributed by atoms with E-state index in [0.717, 1.165) is 23.7 Å². The third-order valence-corrected chi connectivity index (χ3v) is 4.02. The number of carbonyl (C=O) groups is 1. The molecule has 19 heavy (non-hydrogen) atoms. The molecule has 0 radical (unpaired) electrons. The predicted molar refractivity (Wildman–Crippen MR) is 77.1 cm³/mol. The maximum absolute atomic E-state index is 11.8. The summed E-state index contributed by atoms with van der Waals surface area (Å²) in [4.78, 5) is 16.0. The molecule has 0 saturated carbocycles. The van der Waals surface area contributed by atoms with E-state index in [9.17, 15) is 4.79 Å². The number of rotatable bonds is 6. The van der Waals surface area contributed by atoms with Crippen LogP contribution in [0.4, 0.5) is 5.00 Å². The van der Waals surface area contributed by atoms with Crippen LogP contribution >= 0.6 is 22.9 Å². The average molecular weight is 297 g/mol. The van der Waals surface area contributed by atoms with Gasteiger partial charge in [-0.15, -0.1) is 11.3 Å². The van der Waals surface area contributed by atoms with Crippen LogP contribution in [0.2, 0.25) is 0 Å². The fourth-order valence-electron chi connectivity index (χ4n) is 1.60. The van der Waals surface area contributed by atoms with E-state index in [1.165, 1.54) is 11.5 Å². The van der Waals surface area contributed by atoms with Gasteiger partial charge in [0.2, 0.25) is 0 Å². The zero-order valence-corrected chi connectivity index (χ0v) is 12.4. The van der Waals surface area contributed by atoms with E-state index in [1.54, 1.807) is 18.3 Å². The van der Waals surface area contributed by atoms with E-state index < -0.39 is 0 Å². The summed E-state index contributed by atoms with van der Waals surface area (Å²) in [5.74, 6) is -0.315. The molecule has 0 unspecified atom stereocenters. The van der Waals surface area contributed by atoms with Gasteiger partial charge < -0.3 is 10.1 Å². The molecule has 0 atom stereocenters. The highest BCUT2D eigenvalue weighted by molar-refractivity contribution is 7.10. The fraction of sp³-hybridized carbons (Fsp3) is 0.417. The second kappa shape index (κ2) is 6.63. The Morgan fingerprint density at radius 3 is 3.05 bits per heavy atom. The first-order valence-corrected chi connectivity index (χ1v) is 7.68. The molecule has 2 aromatic heterocycles. The predicted octanol–water partition coefficient (Wildman–Crippen LogP) is 2.74. The normalized spacial score (nSPS) is 10.4. The maximum Gasteiger partial charge on any atom is 0.343 e. The number of nitrogens with one attached hydrogen (secondary N) is 1. The SMILES string of the molecule is CCOC(=O)c1c(C)nsc1NCCc1cscn1. The second-order valence-corrected chi connectivity index (χ2v) is 5.34. The zero-order chi connectivity index (χ0) is 13.7. The summed E-state index contributed by atoms with van der Waals surface area (Å²) < 4.78 is 9.24. The molecule has 0 aromatic carbocycles. The molecule has 1 N–H and O–H groups in total. The fourth-order valence-corrected chi connectivity index (χ4v) is 3.00. The lowest BCUT2D eigenvalue weighted by atomic mass is 10.2. The number of anilines is 1. The number of hydrogen-bond acceptors (Lipinski definition) is 7. The summed E-state index contributed by atoms with van der Waals surface area (Å²) in [5, 5.41) is 6.02. The Morgan fingerprint density at radius 2 is 2.37 bits per heavy atom. The molecule has 2 heterocycles. The van der Waals surface area contributed by atoms with Crippen LogP contribution in [-0.2, 0) is 11.2 Å². The van der Waals surface area contributed by atoms with Gasteiger partial charge in [0.15, 0.2) is 0 Å². The third kappa shape index (κ3) is 3.51. The number of thiazole rings is 1. The van der Waals surface area contributed by atoms with Gasteiger partial charge in [-0.2, -0.15) is 4.37 Å². The molecular weight excluding hydrogens is 282 g/mol. The first-order valence-electron chi connectivity index (χ1n) is 5.96. The minimum absolute atomic E-state index is 0.315. The highest BCUT2D eigenvalue weighted by Crippen LogP contribution is 2.25. The van der Waals surface area contributed by atoms with E-state index in [1.807, 2.05) is 17.8 Å². The molecule has 0 spiro atoms. The lowest BCUT2D eigenvalue weighted by molar-refractivity contribution is 0.0527. The molecule has 0 fully saturated rings. The molecule has 2 aromatic rings. The van der Waals surface area contributed by atoms with Gasteiger partial charge in [-0.3, -0.25) is 0 Å². The van der Waals surface area contributed by atoms with Gasteiger partial charge in [-0.25, -0.2) is 9.78 Å². The standard InChI is InChI=1S/C12H15N3O2S2/c1-3-17-12(16)10-8(2)15-19-11(10)13-5-4-9-6-18-7-14-9/h6-7,13H,3-5H2,1-2H3. The largest absolute Gasteiger partial charge is 0.462 e. The van der Waals surface area contributed by atoms with Gasteiger partial charge in [0, 0.05) is 18.3 Å². The van der Waals surface area contributed by atoms with E-state index in [-0.39, 0.29) is 5.97 Å². The van der Waals surface area contributed by atoms with Crippen molar-refractivity contribution in [2.24, 2.45) is 0 Å². The molecule has 0 saturated heterocycles. The van der Waals surface area contributed by atoms with Crippen molar-refractivity contribution in [3.05, 3.63) is 27.8 Å². The number of carbonyl (C=O) groups excluding carboxylic acids is 1. The average Bonchev–Trinajstić information content (AvgIpc) is 3.00. The van der Waals surface area contributed by atoms with Crippen molar-refractivity contribution in [1.29, 1.82) is 0 Å². The van der Waals surface area contributed by atoms with E-state index >= 15 is 0 Å². The van der Waals surface area contributed by atoms with E-state index in [2.05, 4.69) is 14.7 Å². The number of aromatic nitrogens is 2. The smallest absolute Gasteiger partial charge is 0.343 e. The summed E-state index contributed by atoms with van der Waals surface area (Å²) in [6.07, 6.45) is 0.822. The Labute approximate surface area is 119 Å². The molecule has 5 nitrogen and oxygen atoms in total. The van der Waals surface area contributed by atoms with Crippen LogP contribution in [0, 0.1) is 6.92 Å². The van der Waals surface area contributed by atoms with Crippen molar-refractivity contribution >= 4 is 33.8 Å². The molecule has 102 valence electrons. The number of nitrogens with zero attached hydrogens (tertiary/aromatic N) is 2. The Bertz CT molecular complexity index is 537. The third-order valence-electron chi connectivity index (χ3n) is 2.49. The minimum Gasteiger partial charge on any atom is -0.462 e. The van der Waals surface area contributed by atoms with Gasteiger partial charge in [0.25, 0.3) is 0 Å². The summed E-state index contributed by atoms with van der Waals surface area (Å²) >= 11 is 2.87. The van der Waals surface area contributed by atoms with Crippen LogP contribution in [-0.4, -0.2) is 28.5 Å². The molecule has 0 aliphatic heterocycles. The summed E-state index contributed by atoms with van der Waals surface area (Å²) in [7, 11) is 0. The van der Waals surface area contributed by atoms with Crippen molar-refractivity contribution in [3.8, 4) is 0 Å². The summed E-state index contributed by atoms with van der Waals surface area (Å²) in [6, 6.07) is 0. The highest BCUT2D eigenvalue weighted by Gasteiger charge is 2.19. The molecule has 0 aliphatic carbocycles. The lowest BCUT2D eigenvalue weighted by Crippen LogP contribution is -2.11. The Balaban J connectivity index is 1.98. The molecule has 0 aliphatic rings. The number of aryl methyl sites for hydroxylation is 1. The lowest BCUT2D eigenvalue weighted by Gasteiger charge is -2.06. The van der Waals surface area contributed by atoms with Crippen LogP contribution in [0.15, 0.2) is 10.9 Å². The number of ether oxygens (including phenoxy) is 1. The van der Waals surface area contributed by atoms with Crippen molar-refractivity contribution in [1.82, 2.24) is 9.36 Å². The van der Waals surface area contributed by atoms with Crippen LogP contribution < -0.4 is 5.32 Å². The molecular formula is C12H15N3O2S2. The van der Waals surface area contributed by atoms with Crippen LogP contribution in [0.3, 0.4) is 0 Å². The molecule has 0 bridgehead atoms. The van der Waals surface area contributed by atoms with Crippen molar-refractivity contribution in [2.75, 3.05) is 18.5 Å². The first-order chi connectivity index (χ1) is 9.22. The molecule has 0 amide bonds. The van der Waals surface area contributed by atoms with Gasteiger partial charge in [-0.05, 0) is 25.4 Å². The zero-order valence-electron chi connectivity index (χ0n) is 10.8. The number of hydrogen-bond donors (Lipinski definition) is 1. The van der Waals surface area contributed by atoms with Gasteiger partial charge >= 0.3 is 5.97 Å². The van der Waals surface area contributed by atoms with Crippen LogP contribution in [0.1, 0.15) is 28.7 Å². The van der Waals surface area contributed by atoms with Gasteiger partial charge in [-0.1, -0.05) is 0 Å². The number of esters is 1. The monoisotopic (exact) mass is 297 g/mol. The summed E-state index contributed by atoms with van der Waals surface area (Å²) in [5.41, 5.74) is 4.12. The summed E-state index contributed by atoms with van der Waals surface area (Å²) in [6.45, 7) is 4.70. The van der Waals surface area contributed by atoms with Crippen molar-refractivity contribution in [3.63, 3.8) is 0 Å². The molecule has 7 heteroatoms. The van der Waals surface area contributed by atoms with Gasteiger partial charge in [0.1, 0.15) is 10.6 Å². The topological polar surface area (TPSA) is 64.1 Å². The minimum atomic E-state index is -0.315. The van der Waals surface area contributed by atoms with Crippen molar-refractivity contribution < 1.29 is 9.53 Å². The quantitative estimate of drug-likeness (QED) is 0.831. The Morgan fingerprint density at radius 1 is 1.53 bits per heavy atom. The highest BCUT2D eigenvalue weighted by atomic mass is 32.1. The first kappa shape index (κ1) is 14.0. The van der Waals surface area contributed by atoms with E-state index in [0.29, 0.717) is 17.9 Å². The van der Waals surface area contributed by atoms with E-state index in [4.69, 9.17) is 4.74 Å². The Hall–Kier alpha value is -1.47. The van der Waals surface area contributed by atoms with Crippen molar-refractivity contribution in [2.45, 2.75) is 20.3 Å². The second-order valence-electron chi connectivity index (χ2n) is 3.85. The van der Waals surface area contributed by atoms with Gasteiger partial charge in [0.05, 0.1) is 23.5 Å². The molecule has 2 rings (SSSR count).